The van der Waals surface area contributed by atoms with Gasteiger partial charge in [0.05, 0.1) is 17.7 Å². The molecule has 38 heavy (non-hydrogen) atoms. The summed E-state index contributed by atoms with van der Waals surface area (Å²) in [6.45, 7) is 6.28. The van der Waals surface area contributed by atoms with Crippen molar-refractivity contribution in [1.29, 1.82) is 0 Å². The Bertz CT molecular complexity index is 1510. The molecule has 0 aliphatic rings. The fourth-order valence-electron chi connectivity index (χ4n) is 3.71. The zero-order chi connectivity index (χ0) is 27.1. The van der Waals surface area contributed by atoms with Crippen LogP contribution < -0.4 is 14.9 Å². The quantitative estimate of drug-likeness (QED) is 0.0931. The predicted octanol–water partition coefficient (Wildman–Crippen LogP) is 6.57. The number of nitrogens with one attached hydrogen (secondary N) is 1. The van der Waals surface area contributed by atoms with Crippen LogP contribution in [0.1, 0.15) is 34.2 Å². The molecule has 0 atom stereocenters. The fourth-order valence-corrected chi connectivity index (χ4v) is 4.09. The van der Waals surface area contributed by atoms with Crippen molar-refractivity contribution in [3.8, 4) is 11.5 Å². The lowest BCUT2D eigenvalue weighted by atomic mass is 10.1. The van der Waals surface area contributed by atoms with Crippen molar-refractivity contribution in [2.45, 2.75) is 20.0 Å². The first-order valence-electron chi connectivity index (χ1n) is 11.7. The standard InChI is InChI=1S/C28H24BrN3O6/c1-3-5-20-12-19(16-30-31-28(33)26-15-21-14-22(29)8-11-24(21)38-26)13-25(36-4-2)27(20)37-17-18-6-9-23(10-7-18)32(34)35/h3,6-16H,1,4-5,17H2,2H3,(H,31,33)/b30-16+. The largest absolute Gasteiger partial charge is 0.490 e. The number of nitro benzene ring substituents is 1. The summed E-state index contributed by atoms with van der Waals surface area (Å²) in [6, 6.07) is 16.9. The van der Waals surface area contributed by atoms with Crippen molar-refractivity contribution in [1.82, 2.24) is 5.43 Å². The summed E-state index contributed by atoms with van der Waals surface area (Å²) in [7, 11) is 0. The van der Waals surface area contributed by atoms with Gasteiger partial charge in [-0.05, 0) is 73.0 Å². The second-order valence-corrected chi connectivity index (χ2v) is 9.05. The highest BCUT2D eigenvalue weighted by Gasteiger charge is 2.15. The SMILES string of the molecule is C=CCc1cc(/C=N/NC(=O)c2cc3cc(Br)ccc3o2)cc(OCC)c1OCc1ccc([N+](=O)[O-])cc1. The van der Waals surface area contributed by atoms with Gasteiger partial charge >= 0.3 is 5.91 Å². The zero-order valence-corrected chi connectivity index (χ0v) is 22.1. The predicted molar refractivity (Wildman–Crippen MR) is 148 cm³/mol. The van der Waals surface area contributed by atoms with E-state index in [-0.39, 0.29) is 18.1 Å². The molecule has 0 aliphatic carbocycles. The maximum Gasteiger partial charge on any atom is 0.307 e. The summed E-state index contributed by atoms with van der Waals surface area (Å²) < 4.78 is 18.4. The smallest absolute Gasteiger partial charge is 0.307 e. The van der Waals surface area contributed by atoms with Gasteiger partial charge in [-0.2, -0.15) is 5.10 Å². The van der Waals surface area contributed by atoms with E-state index in [0.717, 1.165) is 21.0 Å². The van der Waals surface area contributed by atoms with Crippen LogP contribution >= 0.6 is 15.9 Å². The first kappa shape index (κ1) is 26.6. The number of amides is 1. The molecule has 4 aromatic rings. The van der Waals surface area contributed by atoms with E-state index in [1.54, 1.807) is 36.4 Å². The van der Waals surface area contributed by atoms with Crippen molar-refractivity contribution in [3.63, 3.8) is 0 Å². The van der Waals surface area contributed by atoms with Gasteiger partial charge in [0.15, 0.2) is 17.3 Å². The number of nitrogens with zero attached hydrogens (tertiary/aromatic N) is 2. The van der Waals surface area contributed by atoms with Crippen LogP contribution in [-0.2, 0) is 13.0 Å². The Labute approximate surface area is 227 Å². The minimum absolute atomic E-state index is 0.0141. The Hall–Kier alpha value is -4.44. The lowest BCUT2D eigenvalue weighted by Gasteiger charge is -2.16. The molecule has 10 heteroatoms. The summed E-state index contributed by atoms with van der Waals surface area (Å²) >= 11 is 3.40. The Balaban J connectivity index is 1.51. The average molecular weight is 578 g/mol. The number of halogens is 1. The van der Waals surface area contributed by atoms with Crippen LogP contribution in [-0.4, -0.2) is 23.7 Å². The van der Waals surface area contributed by atoms with Crippen LogP contribution in [0.4, 0.5) is 5.69 Å². The molecular formula is C28H24BrN3O6. The molecule has 0 aliphatic heterocycles. The number of benzene rings is 3. The van der Waals surface area contributed by atoms with Crippen molar-refractivity contribution in [2.24, 2.45) is 5.10 Å². The normalized spacial score (nSPS) is 11.0. The maximum atomic E-state index is 12.5. The number of allylic oxidation sites excluding steroid dienone is 1. The highest BCUT2D eigenvalue weighted by Crippen LogP contribution is 2.34. The number of hydrazone groups is 1. The van der Waals surface area contributed by atoms with E-state index in [9.17, 15) is 14.9 Å². The van der Waals surface area contributed by atoms with Crippen LogP contribution in [0.2, 0.25) is 0 Å². The summed E-state index contributed by atoms with van der Waals surface area (Å²) in [5, 5.41) is 15.8. The minimum atomic E-state index is -0.479. The molecule has 3 aromatic carbocycles. The molecule has 0 unspecified atom stereocenters. The second-order valence-electron chi connectivity index (χ2n) is 8.14. The number of ether oxygens (including phenoxy) is 2. The number of carbonyl (C=O) groups excluding carboxylic acids is 1. The molecule has 0 radical (unpaired) electrons. The van der Waals surface area contributed by atoms with E-state index >= 15 is 0 Å². The molecule has 1 aromatic heterocycles. The van der Waals surface area contributed by atoms with Gasteiger partial charge in [0.1, 0.15) is 12.2 Å². The Morgan fingerprint density at radius 3 is 2.66 bits per heavy atom. The number of fused-ring (bicyclic) bond motifs is 1. The molecule has 0 spiro atoms. The van der Waals surface area contributed by atoms with Crippen LogP contribution in [0.5, 0.6) is 11.5 Å². The van der Waals surface area contributed by atoms with Gasteiger partial charge in [-0.25, -0.2) is 5.43 Å². The molecule has 0 bridgehead atoms. The Morgan fingerprint density at radius 2 is 1.95 bits per heavy atom. The van der Waals surface area contributed by atoms with Crippen molar-refractivity contribution >= 4 is 44.7 Å². The monoisotopic (exact) mass is 577 g/mol. The van der Waals surface area contributed by atoms with Crippen LogP contribution in [0.15, 0.2) is 87.3 Å². The van der Waals surface area contributed by atoms with Gasteiger partial charge in [-0.15, -0.1) is 6.58 Å². The van der Waals surface area contributed by atoms with Crippen molar-refractivity contribution in [2.75, 3.05) is 6.61 Å². The first-order chi connectivity index (χ1) is 18.4. The fraction of sp³-hybridized carbons (Fsp3) is 0.143. The third kappa shape index (κ3) is 6.46. The minimum Gasteiger partial charge on any atom is -0.490 e. The van der Waals surface area contributed by atoms with E-state index in [4.69, 9.17) is 13.9 Å². The topological polar surface area (TPSA) is 116 Å². The van der Waals surface area contributed by atoms with E-state index < -0.39 is 10.8 Å². The molecule has 0 saturated carbocycles. The van der Waals surface area contributed by atoms with E-state index in [1.165, 1.54) is 18.3 Å². The summed E-state index contributed by atoms with van der Waals surface area (Å²) in [6.07, 6.45) is 3.75. The van der Waals surface area contributed by atoms with Gasteiger partial charge in [-0.3, -0.25) is 14.9 Å². The van der Waals surface area contributed by atoms with Crippen molar-refractivity contribution < 1.29 is 23.6 Å². The molecule has 1 N–H and O–H groups in total. The Morgan fingerprint density at radius 1 is 1.16 bits per heavy atom. The number of rotatable bonds is 11. The van der Waals surface area contributed by atoms with Gasteiger partial charge in [-0.1, -0.05) is 22.0 Å². The zero-order valence-electron chi connectivity index (χ0n) is 20.5. The average Bonchev–Trinajstić information content (AvgIpc) is 3.32. The van der Waals surface area contributed by atoms with Gasteiger partial charge in [0.25, 0.3) is 5.69 Å². The number of non-ortho nitro benzene ring substituents is 1. The number of carbonyl (C=O) groups is 1. The molecular weight excluding hydrogens is 554 g/mol. The van der Waals surface area contributed by atoms with Gasteiger partial charge < -0.3 is 13.9 Å². The molecule has 4 rings (SSSR count). The number of hydrogen-bond donors (Lipinski definition) is 1. The Kier molecular flexibility index (Phi) is 8.55. The van der Waals surface area contributed by atoms with E-state index in [2.05, 4.69) is 33.0 Å². The maximum absolute atomic E-state index is 12.5. The third-order valence-electron chi connectivity index (χ3n) is 5.43. The molecule has 0 fully saturated rings. The second kappa shape index (κ2) is 12.2. The first-order valence-corrected chi connectivity index (χ1v) is 12.5. The molecule has 9 nitrogen and oxygen atoms in total. The summed E-state index contributed by atoms with van der Waals surface area (Å²) in [5.41, 5.74) is 5.36. The lowest BCUT2D eigenvalue weighted by Crippen LogP contribution is -2.16. The molecule has 0 saturated heterocycles. The molecule has 1 heterocycles. The van der Waals surface area contributed by atoms with Crippen LogP contribution in [0.25, 0.3) is 11.0 Å². The van der Waals surface area contributed by atoms with E-state index in [0.29, 0.717) is 35.7 Å². The number of furan rings is 1. The number of nitro groups is 1. The van der Waals surface area contributed by atoms with E-state index in [1.807, 2.05) is 25.1 Å². The van der Waals surface area contributed by atoms with Gasteiger partial charge in [0, 0.05) is 27.6 Å². The van der Waals surface area contributed by atoms with Gasteiger partial charge in [0.2, 0.25) is 0 Å². The summed E-state index contributed by atoms with van der Waals surface area (Å²) in [5.74, 6) is 0.713. The number of hydrogen-bond acceptors (Lipinski definition) is 7. The molecule has 1 amide bonds. The lowest BCUT2D eigenvalue weighted by molar-refractivity contribution is -0.384. The van der Waals surface area contributed by atoms with Crippen molar-refractivity contribution in [3.05, 3.63) is 110 Å². The van der Waals surface area contributed by atoms with Crippen LogP contribution in [0.3, 0.4) is 0 Å². The third-order valence-corrected chi connectivity index (χ3v) is 5.92. The van der Waals surface area contributed by atoms with Crippen LogP contribution in [0, 0.1) is 10.1 Å². The highest BCUT2D eigenvalue weighted by molar-refractivity contribution is 9.10. The molecule has 194 valence electrons. The highest BCUT2D eigenvalue weighted by atomic mass is 79.9. The summed E-state index contributed by atoms with van der Waals surface area (Å²) in [4.78, 5) is 23.0.